The van der Waals surface area contributed by atoms with Crippen LogP contribution in [0.25, 0.3) is 5.57 Å². The average Bonchev–Trinajstić information content (AvgIpc) is 2.82. The molecule has 3 aliphatic heterocycles. The van der Waals surface area contributed by atoms with Gasteiger partial charge < -0.3 is 19.3 Å². The van der Waals surface area contributed by atoms with E-state index in [9.17, 15) is 9.90 Å². The maximum atomic E-state index is 12.1. The first-order valence-corrected chi connectivity index (χ1v) is 13.5. The number of rotatable bonds is 6. The number of aliphatic hydroxyl groups excluding tert-OH is 1. The highest BCUT2D eigenvalue weighted by molar-refractivity contribution is 5.99. The number of fused-ring (bicyclic) bond motifs is 1. The van der Waals surface area contributed by atoms with Crippen LogP contribution in [0.15, 0.2) is 48.1 Å². The summed E-state index contributed by atoms with van der Waals surface area (Å²) in [5.74, 6) is 0.0270. The molecule has 3 heterocycles. The highest BCUT2D eigenvalue weighted by Crippen LogP contribution is 2.41. The highest BCUT2D eigenvalue weighted by Gasteiger charge is 2.46. The number of allylic oxidation sites excluding steroid dienone is 4. The summed E-state index contributed by atoms with van der Waals surface area (Å²) in [6.45, 7) is 11.0. The van der Waals surface area contributed by atoms with E-state index in [2.05, 4.69) is 52.0 Å². The minimum atomic E-state index is -0.621. The van der Waals surface area contributed by atoms with Crippen LogP contribution >= 0.6 is 0 Å². The van der Waals surface area contributed by atoms with Gasteiger partial charge in [-0.3, -0.25) is 0 Å². The summed E-state index contributed by atoms with van der Waals surface area (Å²) in [5.41, 5.74) is 5.00. The second-order valence-electron chi connectivity index (χ2n) is 11.3. The molecule has 3 aliphatic rings. The van der Waals surface area contributed by atoms with E-state index in [-0.39, 0.29) is 24.3 Å². The zero-order valence-corrected chi connectivity index (χ0v) is 22.5. The van der Waals surface area contributed by atoms with Gasteiger partial charge in [0.25, 0.3) is 0 Å². The van der Waals surface area contributed by atoms with Gasteiger partial charge in [-0.15, -0.1) is 0 Å². The fourth-order valence-corrected chi connectivity index (χ4v) is 5.62. The third kappa shape index (κ3) is 6.56. The predicted molar refractivity (Wildman–Crippen MR) is 143 cm³/mol. The van der Waals surface area contributed by atoms with Gasteiger partial charge in [0.05, 0.1) is 23.9 Å². The quantitative estimate of drug-likeness (QED) is 0.359. The molecule has 5 heteroatoms. The summed E-state index contributed by atoms with van der Waals surface area (Å²) < 4.78 is 18.1. The van der Waals surface area contributed by atoms with Gasteiger partial charge in [0, 0.05) is 19.3 Å². The first-order chi connectivity index (χ1) is 17.1. The number of esters is 1. The molecule has 1 N–H and O–H groups in total. The van der Waals surface area contributed by atoms with E-state index >= 15 is 0 Å². The standard InChI is InChI=1S/C31H42O5/c1-20(7-6-8-25-19-34-30(33)29-16-22(3)10-12-28(25)29)15-21(2)9-11-27-17-26(32)18-31(36-27)14-13-23(4)24(5)35-31/h6-10,12,16,20,23-24,26-27,32H,11,13-15,17-19H2,1-5H3. The van der Waals surface area contributed by atoms with Crippen LogP contribution in [0.4, 0.5) is 0 Å². The number of aryl methyl sites for hydroxylation is 1. The molecule has 0 amide bonds. The lowest BCUT2D eigenvalue weighted by atomic mass is 9.86. The van der Waals surface area contributed by atoms with Crippen molar-refractivity contribution in [1.29, 1.82) is 0 Å². The SMILES string of the molecule is CC(=CCC1CC(O)CC2(CCC(C)C(C)O2)O1)CC(C)C=CC=C1COC(=O)c2cc(C)ccc21. The Balaban J connectivity index is 1.31. The van der Waals surface area contributed by atoms with Crippen LogP contribution in [0.2, 0.25) is 0 Å². The van der Waals surface area contributed by atoms with E-state index in [1.54, 1.807) is 0 Å². The number of hydrogen-bond donors (Lipinski definition) is 1. The van der Waals surface area contributed by atoms with Gasteiger partial charge in [-0.2, -0.15) is 0 Å². The predicted octanol–water partition coefficient (Wildman–Crippen LogP) is 6.54. The molecular weight excluding hydrogens is 452 g/mol. The minimum Gasteiger partial charge on any atom is -0.457 e. The molecular formula is C31H42O5. The van der Waals surface area contributed by atoms with Crippen molar-refractivity contribution in [2.75, 3.05) is 6.61 Å². The fraction of sp³-hybridized carbons (Fsp3) is 0.581. The molecule has 4 rings (SSSR count). The molecule has 1 aromatic rings. The van der Waals surface area contributed by atoms with Crippen LogP contribution < -0.4 is 0 Å². The molecule has 2 fully saturated rings. The lowest BCUT2D eigenvalue weighted by Gasteiger charge is -2.48. The molecule has 36 heavy (non-hydrogen) atoms. The summed E-state index contributed by atoms with van der Waals surface area (Å²) in [5, 5.41) is 10.5. The van der Waals surface area contributed by atoms with E-state index in [1.807, 2.05) is 25.1 Å². The Morgan fingerprint density at radius 3 is 2.83 bits per heavy atom. The van der Waals surface area contributed by atoms with Gasteiger partial charge in [-0.1, -0.05) is 61.4 Å². The Labute approximate surface area is 216 Å². The normalized spacial score (nSPS) is 33.1. The van der Waals surface area contributed by atoms with Crippen molar-refractivity contribution < 1.29 is 24.1 Å². The molecule has 6 atom stereocenters. The molecule has 1 spiro atoms. The lowest BCUT2D eigenvalue weighted by molar-refractivity contribution is -0.331. The summed E-state index contributed by atoms with van der Waals surface area (Å²) in [7, 11) is 0. The third-order valence-corrected chi connectivity index (χ3v) is 7.86. The number of aliphatic hydroxyl groups is 1. The van der Waals surface area contributed by atoms with Crippen LogP contribution in [0.5, 0.6) is 0 Å². The van der Waals surface area contributed by atoms with Gasteiger partial charge in [0.15, 0.2) is 5.79 Å². The summed E-state index contributed by atoms with van der Waals surface area (Å²) in [4.78, 5) is 12.1. The van der Waals surface area contributed by atoms with Crippen LogP contribution in [-0.2, 0) is 14.2 Å². The Bertz CT molecular complexity index is 1040. The number of ether oxygens (including phenoxy) is 3. The summed E-state index contributed by atoms with van der Waals surface area (Å²) in [6.07, 6.45) is 13.3. The monoisotopic (exact) mass is 494 g/mol. The van der Waals surface area contributed by atoms with Crippen molar-refractivity contribution in [2.24, 2.45) is 11.8 Å². The molecule has 6 unspecified atom stereocenters. The first-order valence-electron chi connectivity index (χ1n) is 13.5. The zero-order valence-electron chi connectivity index (χ0n) is 22.5. The van der Waals surface area contributed by atoms with E-state index in [0.717, 1.165) is 42.4 Å². The topological polar surface area (TPSA) is 65.0 Å². The fourth-order valence-electron chi connectivity index (χ4n) is 5.62. The molecule has 1 aromatic carbocycles. The summed E-state index contributed by atoms with van der Waals surface area (Å²) in [6, 6.07) is 5.93. The molecule has 0 radical (unpaired) electrons. The minimum absolute atomic E-state index is 0.0161. The van der Waals surface area contributed by atoms with E-state index in [1.165, 1.54) is 5.57 Å². The Kier molecular flexibility index (Phi) is 8.54. The van der Waals surface area contributed by atoms with Gasteiger partial charge in [-0.25, -0.2) is 4.79 Å². The molecule has 196 valence electrons. The molecule has 0 bridgehead atoms. The van der Waals surface area contributed by atoms with Gasteiger partial charge in [0.1, 0.15) is 6.61 Å². The smallest absolute Gasteiger partial charge is 0.339 e. The van der Waals surface area contributed by atoms with Crippen LogP contribution in [0.1, 0.15) is 87.7 Å². The van der Waals surface area contributed by atoms with Crippen molar-refractivity contribution >= 4 is 11.5 Å². The van der Waals surface area contributed by atoms with Crippen molar-refractivity contribution in [1.82, 2.24) is 0 Å². The van der Waals surface area contributed by atoms with Crippen LogP contribution in [-0.4, -0.2) is 41.8 Å². The largest absolute Gasteiger partial charge is 0.457 e. The Morgan fingerprint density at radius 1 is 1.25 bits per heavy atom. The number of carbonyl (C=O) groups excluding carboxylic acids is 1. The maximum absolute atomic E-state index is 12.1. The molecule has 2 saturated heterocycles. The van der Waals surface area contributed by atoms with Gasteiger partial charge in [-0.05, 0) is 69.1 Å². The molecule has 0 aromatic heterocycles. The van der Waals surface area contributed by atoms with E-state index in [4.69, 9.17) is 14.2 Å². The van der Waals surface area contributed by atoms with E-state index in [0.29, 0.717) is 36.8 Å². The Hall–Kier alpha value is -2.21. The van der Waals surface area contributed by atoms with Crippen molar-refractivity contribution in [3.8, 4) is 0 Å². The number of cyclic esters (lactones) is 1. The first kappa shape index (κ1) is 26.8. The third-order valence-electron chi connectivity index (χ3n) is 7.86. The van der Waals surface area contributed by atoms with Crippen molar-refractivity contribution in [2.45, 2.75) is 97.2 Å². The van der Waals surface area contributed by atoms with Gasteiger partial charge in [0.2, 0.25) is 0 Å². The molecule has 5 nitrogen and oxygen atoms in total. The van der Waals surface area contributed by atoms with Crippen LogP contribution in [0.3, 0.4) is 0 Å². The number of carbonyl (C=O) groups is 1. The maximum Gasteiger partial charge on any atom is 0.339 e. The second kappa shape index (κ2) is 11.5. The Morgan fingerprint density at radius 2 is 2.06 bits per heavy atom. The van der Waals surface area contributed by atoms with Gasteiger partial charge >= 0.3 is 5.97 Å². The van der Waals surface area contributed by atoms with E-state index < -0.39 is 5.79 Å². The van der Waals surface area contributed by atoms with Crippen LogP contribution in [0, 0.1) is 18.8 Å². The lowest BCUT2D eigenvalue weighted by Crippen LogP contribution is -2.52. The van der Waals surface area contributed by atoms with Crippen molar-refractivity contribution in [3.05, 3.63) is 64.8 Å². The number of hydrogen-bond acceptors (Lipinski definition) is 5. The molecule has 0 aliphatic carbocycles. The number of benzene rings is 1. The zero-order chi connectivity index (χ0) is 25.9. The van der Waals surface area contributed by atoms with Crippen molar-refractivity contribution in [3.63, 3.8) is 0 Å². The summed E-state index contributed by atoms with van der Waals surface area (Å²) >= 11 is 0. The molecule has 0 saturated carbocycles. The average molecular weight is 495 g/mol. The second-order valence-corrected chi connectivity index (χ2v) is 11.3. The highest BCUT2D eigenvalue weighted by atomic mass is 16.7.